The highest BCUT2D eigenvalue weighted by Crippen LogP contribution is 2.15. The van der Waals surface area contributed by atoms with Crippen molar-refractivity contribution in [2.24, 2.45) is 0 Å². The molecule has 3 rings (SSSR count). The minimum absolute atomic E-state index is 0.177. The number of hydrogen-bond donors (Lipinski definition) is 1. The average Bonchev–Trinajstić information content (AvgIpc) is 2.48. The fourth-order valence-corrected chi connectivity index (χ4v) is 2.20. The van der Waals surface area contributed by atoms with Crippen molar-refractivity contribution >= 4 is 22.5 Å². The van der Waals surface area contributed by atoms with Gasteiger partial charge in [0.2, 0.25) is 5.82 Å². The Morgan fingerprint density at radius 1 is 1.10 bits per heavy atom. The summed E-state index contributed by atoms with van der Waals surface area (Å²) in [5.41, 5.74) is 1.56. The molecule has 1 heterocycles. The van der Waals surface area contributed by atoms with Gasteiger partial charge in [0.05, 0.1) is 5.52 Å². The van der Waals surface area contributed by atoms with Gasteiger partial charge < -0.3 is 0 Å². The summed E-state index contributed by atoms with van der Waals surface area (Å²) in [6.45, 7) is 0. The van der Waals surface area contributed by atoms with Crippen molar-refractivity contribution in [3.05, 3.63) is 64.9 Å². The third kappa shape index (κ3) is 1.94. The summed E-state index contributed by atoms with van der Waals surface area (Å²) in [5, 5.41) is 18.9. The first-order chi connectivity index (χ1) is 9.70. The predicted molar refractivity (Wildman–Crippen MR) is 76.6 cm³/mol. The van der Waals surface area contributed by atoms with Gasteiger partial charge in [-0.1, -0.05) is 23.7 Å². The number of nitriles is 1. The molecular formula is C15H9ClN4. The second-order valence-corrected chi connectivity index (χ2v) is 4.66. The molecule has 0 aliphatic carbocycles. The maximum atomic E-state index is 9.28. The molecule has 0 saturated carbocycles. The summed E-state index contributed by atoms with van der Waals surface area (Å²) in [6, 6.07) is 16.3. The van der Waals surface area contributed by atoms with Crippen molar-refractivity contribution in [2.75, 3.05) is 0 Å². The number of aromatic nitrogens is 2. The Morgan fingerprint density at radius 2 is 1.80 bits per heavy atom. The highest BCUT2D eigenvalue weighted by Gasteiger charge is 2.09. The van der Waals surface area contributed by atoms with Gasteiger partial charge in [0, 0.05) is 16.1 Å². The van der Waals surface area contributed by atoms with Crippen LogP contribution >= 0.6 is 11.6 Å². The van der Waals surface area contributed by atoms with Crippen LogP contribution in [-0.4, -0.2) is 9.55 Å². The normalized spacial score (nSPS) is 10.4. The van der Waals surface area contributed by atoms with E-state index >= 15 is 0 Å². The van der Waals surface area contributed by atoms with Crippen molar-refractivity contribution in [3.8, 4) is 11.8 Å². The van der Waals surface area contributed by atoms with Crippen LogP contribution < -0.4 is 5.49 Å². The van der Waals surface area contributed by atoms with E-state index in [0.29, 0.717) is 21.6 Å². The Labute approximate surface area is 120 Å². The number of para-hydroxylation sites is 1. The molecule has 0 saturated heterocycles. The van der Waals surface area contributed by atoms with Crippen LogP contribution in [0.25, 0.3) is 16.6 Å². The van der Waals surface area contributed by atoms with Crippen molar-refractivity contribution in [1.29, 1.82) is 10.7 Å². The molecule has 0 aliphatic rings. The molecule has 1 aromatic heterocycles. The van der Waals surface area contributed by atoms with E-state index in [0.717, 1.165) is 0 Å². The first-order valence-corrected chi connectivity index (χ1v) is 6.31. The zero-order chi connectivity index (χ0) is 14.1. The Bertz CT molecular complexity index is 888. The summed E-state index contributed by atoms with van der Waals surface area (Å²) in [4.78, 5) is 4.30. The molecule has 96 valence electrons. The van der Waals surface area contributed by atoms with E-state index in [1.807, 2.05) is 24.3 Å². The molecule has 0 radical (unpaired) electrons. The Kier molecular flexibility index (Phi) is 2.97. The predicted octanol–water partition coefficient (Wildman–Crippen LogP) is 3.03. The Hall–Kier alpha value is -2.64. The third-order valence-corrected chi connectivity index (χ3v) is 3.26. The number of nitrogens with zero attached hydrogens (tertiary/aromatic N) is 3. The second-order valence-electron chi connectivity index (χ2n) is 4.22. The SMILES string of the molecule is N#Cc1nc2ccccc2c(=N)n1-c1ccc(Cl)cc1. The number of benzene rings is 2. The first-order valence-electron chi connectivity index (χ1n) is 5.93. The Morgan fingerprint density at radius 3 is 2.50 bits per heavy atom. The van der Waals surface area contributed by atoms with E-state index in [2.05, 4.69) is 4.98 Å². The third-order valence-electron chi connectivity index (χ3n) is 3.01. The average molecular weight is 281 g/mol. The summed E-state index contributed by atoms with van der Waals surface area (Å²) in [6.07, 6.45) is 0. The summed E-state index contributed by atoms with van der Waals surface area (Å²) >= 11 is 5.87. The van der Waals surface area contributed by atoms with Crippen molar-refractivity contribution in [1.82, 2.24) is 9.55 Å². The highest BCUT2D eigenvalue weighted by atomic mass is 35.5. The quantitative estimate of drug-likeness (QED) is 0.744. The van der Waals surface area contributed by atoms with Crippen molar-refractivity contribution < 1.29 is 0 Å². The van der Waals surface area contributed by atoms with Gasteiger partial charge >= 0.3 is 0 Å². The van der Waals surface area contributed by atoms with E-state index in [-0.39, 0.29) is 11.3 Å². The molecule has 0 unspecified atom stereocenters. The van der Waals surface area contributed by atoms with E-state index in [1.165, 1.54) is 4.57 Å². The van der Waals surface area contributed by atoms with E-state index < -0.39 is 0 Å². The largest absolute Gasteiger partial charge is 0.283 e. The van der Waals surface area contributed by atoms with Gasteiger partial charge in [-0.15, -0.1) is 0 Å². The molecule has 0 fully saturated rings. The number of hydrogen-bond acceptors (Lipinski definition) is 3. The zero-order valence-electron chi connectivity index (χ0n) is 10.3. The summed E-state index contributed by atoms with van der Waals surface area (Å²) < 4.78 is 1.51. The molecule has 5 heteroatoms. The molecule has 4 nitrogen and oxygen atoms in total. The molecule has 0 atom stereocenters. The van der Waals surface area contributed by atoms with Gasteiger partial charge in [0.1, 0.15) is 11.6 Å². The lowest BCUT2D eigenvalue weighted by Crippen LogP contribution is -2.22. The minimum Gasteiger partial charge on any atom is -0.283 e. The van der Waals surface area contributed by atoms with E-state index in [1.54, 1.807) is 30.3 Å². The smallest absolute Gasteiger partial charge is 0.219 e. The lowest BCUT2D eigenvalue weighted by molar-refractivity contribution is 0.887. The second kappa shape index (κ2) is 4.80. The fraction of sp³-hybridized carbons (Fsp3) is 0. The van der Waals surface area contributed by atoms with Crippen molar-refractivity contribution in [3.63, 3.8) is 0 Å². The molecule has 0 bridgehead atoms. The number of halogens is 1. The van der Waals surface area contributed by atoms with E-state index in [9.17, 15) is 5.26 Å². The monoisotopic (exact) mass is 280 g/mol. The molecule has 2 aromatic carbocycles. The van der Waals surface area contributed by atoms with Crippen LogP contribution in [0.1, 0.15) is 5.82 Å². The summed E-state index contributed by atoms with van der Waals surface area (Å²) in [7, 11) is 0. The Balaban J connectivity index is 2.40. The maximum absolute atomic E-state index is 9.28. The van der Waals surface area contributed by atoms with Crippen molar-refractivity contribution in [2.45, 2.75) is 0 Å². The van der Waals surface area contributed by atoms with Crippen LogP contribution in [0.3, 0.4) is 0 Å². The minimum atomic E-state index is 0.177. The van der Waals surface area contributed by atoms with Gasteiger partial charge in [-0.2, -0.15) is 5.26 Å². The highest BCUT2D eigenvalue weighted by molar-refractivity contribution is 6.30. The lowest BCUT2D eigenvalue weighted by atomic mass is 10.2. The van der Waals surface area contributed by atoms with Gasteiger partial charge in [-0.25, -0.2) is 4.98 Å². The molecule has 1 N–H and O–H groups in total. The number of fused-ring (bicyclic) bond motifs is 1. The van der Waals surface area contributed by atoms with Gasteiger partial charge in [-0.05, 0) is 36.4 Å². The van der Waals surface area contributed by atoms with Gasteiger partial charge in [0.25, 0.3) is 0 Å². The fourth-order valence-electron chi connectivity index (χ4n) is 2.08. The molecule has 0 aliphatic heterocycles. The van der Waals surface area contributed by atoms with E-state index in [4.69, 9.17) is 17.0 Å². The van der Waals surface area contributed by atoms with Crippen LogP contribution in [0.15, 0.2) is 48.5 Å². The number of rotatable bonds is 1. The van der Waals surface area contributed by atoms with Gasteiger partial charge in [-0.3, -0.25) is 9.98 Å². The van der Waals surface area contributed by atoms with Crippen LogP contribution in [-0.2, 0) is 0 Å². The maximum Gasteiger partial charge on any atom is 0.219 e. The molecule has 0 spiro atoms. The molecule has 3 aromatic rings. The van der Waals surface area contributed by atoms with Crippen LogP contribution in [0.5, 0.6) is 0 Å². The number of nitrogens with one attached hydrogen (secondary N) is 1. The molecular weight excluding hydrogens is 272 g/mol. The first kappa shape index (κ1) is 12.4. The van der Waals surface area contributed by atoms with Crippen LogP contribution in [0.2, 0.25) is 5.02 Å². The standard InChI is InChI=1S/C15H9ClN4/c16-10-5-7-11(8-6-10)20-14(9-17)19-13-4-2-1-3-12(13)15(20)18/h1-8,18H. The summed E-state index contributed by atoms with van der Waals surface area (Å²) in [5.74, 6) is 0.177. The molecule has 0 amide bonds. The lowest BCUT2D eigenvalue weighted by Gasteiger charge is -2.10. The topological polar surface area (TPSA) is 65.5 Å². The molecule has 20 heavy (non-hydrogen) atoms. The van der Waals surface area contributed by atoms with Crippen LogP contribution in [0.4, 0.5) is 0 Å². The zero-order valence-corrected chi connectivity index (χ0v) is 11.1. The van der Waals surface area contributed by atoms with Gasteiger partial charge in [0.15, 0.2) is 0 Å². The van der Waals surface area contributed by atoms with Crippen LogP contribution in [0, 0.1) is 16.7 Å².